The zero-order chi connectivity index (χ0) is 9.97. The normalized spacial score (nSPS) is 10.8. The molecule has 0 saturated carbocycles. The summed E-state index contributed by atoms with van der Waals surface area (Å²) in [5.41, 5.74) is 1.00. The standard InChI is InChI=1S/C10H12N4/c1-8(2)9-6-12-10(7-11-9)14-5-3-4-13-14/h3-8H,1-2H3. The summed E-state index contributed by atoms with van der Waals surface area (Å²) in [6, 6.07) is 1.86. The number of aromatic nitrogens is 4. The zero-order valence-electron chi connectivity index (χ0n) is 8.25. The van der Waals surface area contributed by atoms with Crippen LogP contribution in [0.15, 0.2) is 30.9 Å². The van der Waals surface area contributed by atoms with E-state index in [0.29, 0.717) is 5.92 Å². The van der Waals surface area contributed by atoms with E-state index >= 15 is 0 Å². The predicted molar refractivity (Wildman–Crippen MR) is 53.2 cm³/mol. The van der Waals surface area contributed by atoms with Crippen LogP contribution in [-0.4, -0.2) is 19.7 Å². The Morgan fingerprint density at radius 2 is 2.07 bits per heavy atom. The van der Waals surface area contributed by atoms with Gasteiger partial charge >= 0.3 is 0 Å². The smallest absolute Gasteiger partial charge is 0.171 e. The van der Waals surface area contributed by atoms with Gasteiger partial charge in [-0.05, 0) is 12.0 Å². The van der Waals surface area contributed by atoms with Crippen LogP contribution in [0.1, 0.15) is 25.5 Å². The molecule has 0 aliphatic heterocycles. The lowest BCUT2D eigenvalue weighted by Crippen LogP contribution is -2.01. The number of nitrogens with zero attached hydrogens (tertiary/aromatic N) is 4. The van der Waals surface area contributed by atoms with Crippen molar-refractivity contribution in [2.24, 2.45) is 0 Å². The molecular weight excluding hydrogens is 176 g/mol. The molecule has 0 saturated heterocycles. The Morgan fingerprint density at radius 1 is 1.21 bits per heavy atom. The second-order valence-electron chi connectivity index (χ2n) is 3.40. The molecule has 0 radical (unpaired) electrons. The van der Waals surface area contributed by atoms with Crippen LogP contribution in [-0.2, 0) is 0 Å². The summed E-state index contributed by atoms with van der Waals surface area (Å²) in [6.45, 7) is 4.19. The van der Waals surface area contributed by atoms with Gasteiger partial charge in [-0.2, -0.15) is 5.10 Å². The van der Waals surface area contributed by atoms with Crippen LogP contribution < -0.4 is 0 Å². The van der Waals surface area contributed by atoms with E-state index in [1.165, 1.54) is 0 Å². The molecule has 0 aliphatic rings. The molecule has 2 aromatic rings. The summed E-state index contributed by atoms with van der Waals surface area (Å²) < 4.78 is 1.69. The third kappa shape index (κ3) is 1.64. The molecule has 2 heterocycles. The van der Waals surface area contributed by atoms with Crippen LogP contribution in [0.25, 0.3) is 5.82 Å². The van der Waals surface area contributed by atoms with Gasteiger partial charge in [-0.25, -0.2) is 9.67 Å². The second-order valence-corrected chi connectivity index (χ2v) is 3.40. The average molecular weight is 188 g/mol. The molecule has 0 N–H and O–H groups in total. The van der Waals surface area contributed by atoms with E-state index in [9.17, 15) is 0 Å². The lowest BCUT2D eigenvalue weighted by atomic mass is 10.1. The van der Waals surface area contributed by atoms with E-state index in [2.05, 4.69) is 28.9 Å². The van der Waals surface area contributed by atoms with Crippen molar-refractivity contribution in [3.8, 4) is 5.82 Å². The van der Waals surface area contributed by atoms with Crippen LogP contribution in [0.5, 0.6) is 0 Å². The lowest BCUT2D eigenvalue weighted by Gasteiger charge is -2.04. The molecular formula is C10H12N4. The largest absolute Gasteiger partial charge is 0.255 e. The Bertz CT molecular complexity index is 389. The molecule has 4 nitrogen and oxygen atoms in total. The molecule has 72 valence electrons. The number of hydrogen-bond acceptors (Lipinski definition) is 3. The molecule has 2 aromatic heterocycles. The summed E-state index contributed by atoms with van der Waals surface area (Å²) in [7, 11) is 0. The maximum absolute atomic E-state index is 4.31. The van der Waals surface area contributed by atoms with E-state index < -0.39 is 0 Å². The van der Waals surface area contributed by atoms with Gasteiger partial charge in [0.05, 0.1) is 18.1 Å². The molecule has 0 spiro atoms. The van der Waals surface area contributed by atoms with Crippen molar-refractivity contribution in [1.29, 1.82) is 0 Å². The predicted octanol–water partition coefficient (Wildman–Crippen LogP) is 1.79. The number of rotatable bonds is 2. The fourth-order valence-corrected chi connectivity index (χ4v) is 1.15. The Labute approximate surface area is 82.6 Å². The maximum atomic E-state index is 4.31. The minimum absolute atomic E-state index is 0.411. The van der Waals surface area contributed by atoms with E-state index in [0.717, 1.165) is 11.5 Å². The van der Waals surface area contributed by atoms with Crippen molar-refractivity contribution in [3.63, 3.8) is 0 Å². The molecule has 2 rings (SSSR count). The summed E-state index contributed by atoms with van der Waals surface area (Å²) >= 11 is 0. The van der Waals surface area contributed by atoms with E-state index in [-0.39, 0.29) is 0 Å². The van der Waals surface area contributed by atoms with Gasteiger partial charge in [0, 0.05) is 12.4 Å². The summed E-state index contributed by atoms with van der Waals surface area (Å²) in [4.78, 5) is 8.59. The molecule has 0 aliphatic carbocycles. The van der Waals surface area contributed by atoms with Crippen LogP contribution in [0.4, 0.5) is 0 Å². The second kappa shape index (κ2) is 3.57. The van der Waals surface area contributed by atoms with Gasteiger partial charge in [0.2, 0.25) is 0 Å². The maximum Gasteiger partial charge on any atom is 0.171 e. The molecule has 0 bridgehead atoms. The average Bonchev–Trinajstić information content (AvgIpc) is 2.71. The van der Waals surface area contributed by atoms with Crippen LogP contribution in [0.2, 0.25) is 0 Å². The first-order chi connectivity index (χ1) is 6.77. The number of hydrogen-bond donors (Lipinski definition) is 0. The summed E-state index contributed by atoms with van der Waals surface area (Å²) in [5, 5.41) is 4.08. The SMILES string of the molecule is CC(C)c1cnc(-n2cccn2)cn1. The molecule has 0 aromatic carbocycles. The Morgan fingerprint density at radius 3 is 2.57 bits per heavy atom. The first kappa shape index (κ1) is 8.87. The minimum atomic E-state index is 0.411. The third-order valence-corrected chi connectivity index (χ3v) is 1.99. The van der Waals surface area contributed by atoms with Gasteiger partial charge in [0.1, 0.15) is 0 Å². The fourth-order valence-electron chi connectivity index (χ4n) is 1.15. The highest BCUT2D eigenvalue weighted by Crippen LogP contribution is 2.10. The van der Waals surface area contributed by atoms with Gasteiger partial charge < -0.3 is 0 Å². The fraction of sp³-hybridized carbons (Fsp3) is 0.300. The molecule has 0 amide bonds. The monoisotopic (exact) mass is 188 g/mol. The van der Waals surface area contributed by atoms with Gasteiger partial charge in [-0.15, -0.1) is 0 Å². The van der Waals surface area contributed by atoms with Crippen molar-refractivity contribution in [3.05, 3.63) is 36.5 Å². The topological polar surface area (TPSA) is 43.6 Å². The summed E-state index contributed by atoms with van der Waals surface area (Å²) in [5.74, 6) is 1.16. The Kier molecular flexibility index (Phi) is 2.26. The molecule has 14 heavy (non-hydrogen) atoms. The van der Waals surface area contributed by atoms with E-state index in [4.69, 9.17) is 0 Å². The van der Waals surface area contributed by atoms with Crippen LogP contribution in [0.3, 0.4) is 0 Å². The van der Waals surface area contributed by atoms with E-state index in [1.807, 2.05) is 12.3 Å². The minimum Gasteiger partial charge on any atom is -0.255 e. The van der Waals surface area contributed by atoms with Crippen molar-refractivity contribution in [2.75, 3.05) is 0 Å². The van der Waals surface area contributed by atoms with Crippen molar-refractivity contribution in [1.82, 2.24) is 19.7 Å². The Hall–Kier alpha value is -1.71. The van der Waals surface area contributed by atoms with Crippen LogP contribution in [0, 0.1) is 0 Å². The van der Waals surface area contributed by atoms with E-state index in [1.54, 1.807) is 23.3 Å². The highest BCUT2D eigenvalue weighted by Gasteiger charge is 2.02. The molecule has 0 atom stereocenters. The molecule has 0 fully saturated rings. The lowest BCUT2D eigenvalue weighted by molar-refractivity contribution is 0.784. The Balaban J connectivity index is 2.31. The highest BCUT2D eigenvalue weighted by atomic mass is 15.3. The van der Waals surface area contributed by atoms with Gasteiger partial charge in [0.25, 0.3) is 0 Å². The van der Waals surface area contributed by atoms with Gasteiger partial charge in [-0.1, -0.05) is 13.8 Å². The molecule has 0 unspecified atom stereocenters. The van der Waals surface area contributed by atoms with Crippen molar-refractivity contribution >= 4 is 0 Å². The highest BCUT2D eigenvalue weighted by molar-refractivity contribution is 5.18. The van der Waals surface area contributed by atoms with Gasteiger partial charge in [-0.3, -0.25) is 4.98 Å². The quantitative estimate of drug-likeness (QED) is 0.721. The van der Waals surface area contributed by atoms with Gasteiger partial charge in [0.15, 0.2) is 5.82 Å². The van der Waals surface area contributed by atoms with Crippen LogP contribution >= 0.6 is 0 Å². The van der Waals surface area contributed by atoms with Crippen molar-refractivity contribution < 1.29 is 0 Å². The summed E-state index contributed by atoms with van der Waals surface area (Å²) in [6.07, 6.45) is 7.10. The van der Waals surface area contributed by atoms with Crippen molar-refractivity contribution in [2.45, 2.75) is 19.8 Å². The first-order valence-corrected chi connectivity index (χ1v) is 4.59. The third-order valence-electron chi connectivity index (χ3n) is 1.99. The zero-order valence-corrected chi connectivity index (χ0v) is 8.25. The molecule has 4 heteroatoms. The first-order valence-electron chi connectivity index (χ1n) is 4.59.